The fraction of sp³-hybridized carbons (Fsp3) is 0.500. The van der Waals surface area contributed by atoms with Gasteiger partial charge in [-0.1, -0.05) is 25.0 Å². The molecular formula is C18H23N3O4. The normalized spacial score (nSPS) is 21.1. The van der Waals surface area contributed by atoms with Crippen LogP contribution in [0.15, 0.2) is 24.3 Å². The molecule has 0 radical (unpaired) electrons. The number of carbonyl (C=O) groups excluding carboxylic acids is 3. The maximum Gasteiger partial charge on any atom is 0.325 e. The first-order chi connectivity index (χ1) is 12.1. The average molecular weight is 345 g/mol. The molecule has 4 amide bonds. The number of ether oxygens (including phenoxy) is 1. The summed E-state index contributed by atoms with van der Waals surface area (Å²) in [6.45, 7) is 0.407. The second-order valence-electron chi connectivity index (χ2n) is 6.36. The van der Waals surface area contributed by atoms with Crippen LogP contribution in [0.25, 0.3) is 0 Å². The van der Waals surface area contributed by atoms with Crippen LogP contribution in [0.1, 0.15) is 37.3 Å². The van der Waals surface area contributed by atoms with E-state index in [0.717, 1.165) is 41.9 Å². The number of nitrogens with zero attached hydrogens (tertiary/aromatic N) is 2. The van der Waals surface area contributed by atoms with Crippen molar-refractivity contribution < 1.29 is 19.1 Å². The van der Waals surface area contributed by atoms with Crippen molar-refractivity contribution in [1.82, 2.24) is 15.1 Å². The molecule has 0 aliphatic carbocycles. The summed E-state index contributed by atoms with van der Waals surface area (Å²) in [4.78, 5) is 39.1. The number of nitrogens with one attached hydrogen (secondary N) is 1. The Bertz CT molecular complexity index is 643. The van der Waals surface area contributed by atoms with Crippen LogP contribution >= 0.6 is 0 Å². The van der Waals surface area contributed by atoms with Crippen LogP contribution in [0.4, 0.5) is 4.79 Å². The van der Waals surface area contributed by atoms with Gasteiger partial charge in [-0.3, -0.25) is 14.5 Å². The van der Waals surface area contributed by atoms with Crippen molar-refractivity contribution in [2.75, 3.05) is 26.7 Å². The Kier molecular flexibility index (Phi) is 5.21. The molecule has 0 spiro atoms. The first-order valence-electron chi connectivity index (χ1n) is 8.62. The highest BCUT2D eigenvalue weighted by Crippen LogP contribution is 2.31. The van der Waals surface area contributed by atoms with Gasteiger partial charge in [-0.05, 0) is 30.5 Å². The molecule has 7 nitrogen and oxygen atoms in total. The lowest BCUT2D eigenvalue weighted by Crippen LogP contribution is -2.44. The Morgan fingerprint density at radius 3 is 2.60 bits per heavy atom. The van der Waals surface area contributed by atoms with Crippen molar-refractivity contribution in [3.63, 3.8) is 0 Å². The molecule has 2 saturated heterocycles. The summed E-state index contributed by atoms with van der Waals surface area (Å²) in [6, 6.07) is 7.20. The summed E-state index contributed by atoms with van der Waals surface area (Å²) in [5.74, 6) is 0.233. The van der Waals surface area contributed by atoms with Gasteiger partial charge in [-0.25, -0.2) is 4.79 Å². The minimum atomic E-state index is -0.492. The maximum absolute atomic E-state index is 12.8. The number of hydrogen-bond donors (Lipinski definition) is 1. The molecule has 2 fully saturated rings. The minimum absolute atomic E-state index is 0.0337. The molecule has 25 heavy (non-hydrogen) atoms. The fourth-order valence-corrected chi connectivity index (χ4v) is 3.42. The molecule has 1 atom stereocenters. The maximum atomic E-state index is 12.8. The Labute approximate surface area is 146 Å². The van der Waals surface area contributed by atoms with Crippen LogP contribution in [0.2, 0.25) is 0 Å². The number of benzene rings is 1. The summed E-state index contributed by atoms with van der Waals surface area (Å²) in [6.07, 6.45) is 3.92. The molecule has 134 valence electrons. The number of amides is 4. The van der Waals surface area contributed by atoms with Gasteiger partial charge < -0.3 is 15.0 Å². The van der Waals surface area contributed by atoms with E-state index in [4.69, 9.17) is 4.74 Å². The largest absolute Gasteiger partial charge is 0.497 e. The van der Waals surface area contributed by atoms with Crippen molar-refractivity contribution >= 4 is 17.8 Å². The zero-order valence-corrected chi connectivity index (χ0v) is 14.4. The summed E-state index contributed by atoms with van der Waals surface area (Å²) < 4.78 is 5.20. The van der Waals surface area contributed by atoms with Gasteiger partial charge in [0.1, 0.15) is 12.3 Å². The zero-order chi connectivity index (χ0) is 17.8. The summed E-state index contributed by atoms with van der Waals surface area (Å²) >= 11 is 0. The van der Waals surface area contributed by atoms with Crippen molar-refractivity contribution in [2.45, 2.75) is 31.7 Å². The van der Waals surface area contributed by atoms with E-state index >= 15 is 0 Å². The highest BCUT2D eigenvalue weighted by molar-refractivity contribution is 6.04. The molecule has 2 aliphatic rings. The van der Waals surface area contributed by atoms with Gasteiger partial charge in [-0.15, -0.1) is 0 Å². The molecule has 0 unspecified atom stereocenters. The molecule has 2 heterocycles. The standard InChI is InChI=1S/C18H23N3O4/c1-25-14-8-6-13(7-9-14)15-5-3-2-4-10-20(15)17(23)12-21-16(22)11-19-18(21)24/h6-9,15H,2-5,10-12H2,1H3,(H,19,24)/t15-/m1/s1. The van der Waals surface area contributed by atoms with Crippen LogP contribution in [0.5, 0.6) is 5.75 Å². The number of methoxy groups -OCH3 is 1. The van der Waals surface area contributed by atoms with Gasteiger partial charge in [0.05, 0.1) is 19.7 Å². The van der Waals surface area contributed by atoms with Crippen LogP contribution < -0.4 is 10.1 Å². The molecule has 1 aromatic rings. The molecule has 7 heteroatoms. The molecule has 0 saturated carbocycles. The lowest BCUT2D eigenvalue weighted by molar-refractivity contribution is -0.138. The molecule has 3 rings (SSSR count). The monoisotopic (exact) mass is 345 g/mol. The number of urea groups is 1. The van der Waals surface area contributed by atoms with Gasteiger partial charge in [0, 0.05) is 6.54 Å². The van der Waals surface area contributed by atoms with Crippen LogP contribution in [-0.2, 0) is 9.59 Å². The Hall–Kier alpha value is -2.57. The Morgan fingerprint density at radius 2 is 1.96 bits per heavy atom. The number of imide groups is 1. The molecule has 0 aromatic heterocycles. The predicted octanol–water partition coefficient (Wildman–Crippen LogP) is 1.69. The van der Waals surface area contributed by atoms with E-state index < -0.39 is 6.03 Å². The van der Waals surface area contributed by atoms with Gasteiger partial charge >= 0.3 is 6.03 Å². The first kappa shape index (κ1) is 17.3. The molecule has 1 N–H and O–H groups in total. The predicted molar refractivity (Wildman–Crippen MR) is 91.0 cm³/mol. The second-order valence-corrected chi connectivity index (χ2v) is 6.36. The van der Waals surface area contributed by atoms with Crippen LogP contribution in [0.3, 0.4) is 0 Å². The molecular weight excluding hydrogens is 322 g/mol. The first-order valence-corrected chi connectivity index (χ1v) is 8.62. The molecule has 2 aliphatic heterocycles. The van der Waals surface area contributed by atoms with Crippen molar-refractivity contribution in [3.05, 3.63) is 29.8 Å². The van der Waals surface area contributed by atoms with Crippen molar-refractivity contribution in [1.29, 1.82) is 0 Å². The Morgan fingerprint density at radius 1 is 1.20 bits per heavy atom. The summed E-state index contributed by atoms with van der Waals surface area (Å²) in [7, 11) is 1.62. The summed E-state index contributed by atoms with van der Waals surface area (Å²) in [5.41, 5.74) is 1.05. The number of rotatable bonds is 4. The third-order valence-electron chi connectivity index (χ3n) is 4.80. The van der Waals surface area contributed by atoms with E-state index in [2.05, 4.69) is 5.32 Å². The third kappa shape index (κ3) is 3.75. The molecule has 0 bridgehead atoms. The highest BCUT2D eigenvalue weighted by Gasteiger charge is 2.34. The SMILES string of the molecule is COc1ccc([C@H]2CCCCCN2C(=O)CN2C(=O)CNC2=O)cc1. The second kappa shape index (κ2) is 7.55. The molecule has 1 aromatic carbocycles. The van der Waals surface area contributed by atoms with E-state index in [-0.39, 0.29) is 30.9 Å². The van der Waals surface area contributed by atoms with E-state index in [9.17, 15) is 14.4 Å². The third-order valence-corrected chi connectivity index (χ3v) is 4.80. The van der Waals surface area contributed by atoms with Crippen molar-refractivity contribution in [2.24, 2.45) is 0 Å². The number of carbonyl (C=O) groups is 3. The van der Waals surface area contributed by atoms with Gasteiger partial charge in [0.25, 0.3) is 5.91 Å². The van der Waals surface area contributed by atoms with Gasteiger partial charge in [0.15, 0.2) is 0 Å². The van der Waals surface area contributed by atoms with Gasteiger partial charge in [0.2, 0.25) is 5.91 Å². The van der Waals surface area contributed by atoms with Crippen LogP contribution in [0, 0.1) is 0 Å². The van der Waals surface area contributed by atoms with E-state index in [1.54, 1.807) is 7.11 Å². The summed E-state index contributed by atoms with van der Waals surface area (Å²) in [5, 5.41) is 2.45. The minimum Gasteiger partial charge on any atom is -0.497 e. The average Bonchev–Trinajstić information content (AvgIpc) is 2.83. The fourth-order valence-electron chi connectivity index (χ4n) is 3.42. The zero-order valence-electron chi connectivity index (χ0n) is 14.4. The van der Waals surface area contributed by atoms with Gasteiger partial charge in [-0.2, -0.15) is 0 Å². The van der Waals surface area contributed by atoms with E-state index in [0.29, 0.717) is 6.54 Å². The lowest BCUT2D eigenvalue weighted by atomic mass is 10.0. The van der Waals surface area contributed by atoms with Crippen molar-refractivity contribution in [3.8, 4) is 5.75 Å². The topological polar surface area (TPSA) is 79.0 Å². The van der Waals surface area contributed by atoms with E-state index in [1.807, 2.05) is 29.2 Å². The van der Waals surface area contributed by atoms with E-state index in [1.165, 1.54) is 0 Å². The number of hydrogen-bond acceptors (Lipinski definition) is 4. The number of likely N-dealkylation sites (tertiary alicyclic amines) is 1. The lowest BCUT2D eigenvalue weighted by Gasteiger charge is -2.31. The Balaban J connectivity index is 1.78. The van der Waals surface area contributed by atoms with Crippen LogP contribution in [-0.4, -0.2) is 54.4 Å². The highest BCUT2D eigenvalue weighted by atomic mass is 16.5. The quantitative estimate of drug-likeness (QED) is 0.842. The smallest absolute Gasteiger partial charge is 0.325 e.